The zero-order valence-corrected chi connectivity index (χ0v) is 12.2. The first-order chi connectivity index (χ1) is 7.87. The Morgan fingerprint density at radius 3 is 2.24 bits per heavy atom. The van der Waals surface area contributed by atoms with Crippen LogP contribution in [0, 0.1) is 5.41 Å². The van der Waals surface area contributed by atoms with Crippen LogP contribution in [0.4, 0.5) is 0 Å². The lowest BCUT2D eigenvalue weighted by Gasteiger charge is -2.33. The number of hydrogen-bond acceptors (Lipinski definition) is 4. The van der Waals surface area contributed by atoms with Crippen LogP contribution >= 0.6 is 0 Å². The molecule has 0 saturated carbocycles. The van der Waals surface area contributed by atoms with Gasteiger partial charge in [-0.1, -0.05) is 6.92 Å². The fourth-order valence-electron chi connectivity index (χ4n) is 1.89. The Morgan fingerprint density at radius 2 is 1.88 bits per heavy atom. The Balaban J connectivity index is 4.75. The monoisotopic (exact) mass is 240 g/mol. The minimum Gasteiger partial charge on any atom is -0.309 e. The molecule has 0 aromatic rings. The standard InChI is InChI=1S/C13H28N4/c1-7-13(15-11-14,8-9-16(3)4)10-12(2)17(5)6/h12,14H,7-10H2,1-6H3. The average molecular weight is 240 g/mol. The van der Waals surface area contributed by atoms with E-state index < -0.39 is 0 Å². The molecule has 0 saturated heterocycles. The second kappa shape index (κ2) is 7.59. The number of aliphatic imine (C=N–C) groups is 1. The average Bonchev–Trinajstić information content (AvgIpc) is 2.26. The van der Waals surface area contributed by atoms with E-state index in [4.69, 9.17) is 5.41 Å². The van der Waals surface area contributed by atoms with Crippen molar-refractivity contribution in [3.05, 3.63) is 0 Å². The van der Waals surface area contributed by atoms with Crippen LogP contribution < -0.4 is 0 Å². The quantitative estimate of drug-likeness (QED) is 0.661. The van der Waals surface area contributed by atoms with Gasteiger partial charge in [0.1, 0.15) is 0 Å². The van der Waals surface area contributed by atoms with Crippen LogP contribution in [0.2, 0.25) is 0 Å². The molecular weight excluding hydrogens is 212 g/mol. The van der Waals surface area contributed by atoms with Crippen molar-refractivity contribution in [3.8, 4) is 0 Å². The first-order valence-electron chi connectivity index (χ1n) is 6.31. The summed E-state index contributed by atoms with van der Waals surface area (Å²) in [5, 5.41) is 7.16. The van der Waals surface area contributed by atoms with E-state index in [9.17, 15) is 0 Å². The lowest BCUT2D eigenvalue weighted by molar-refractivity contribution is 0.214. The van der Waals surface area contributed by atoms with Gasteiger partial charge in [0.25, 0.3) is 0 Å². The molecule has 0 amide bonds. The summed E-state index contributed by atoms with van der Waals surface area (Å²) in [6.07, 6.45) is 2.93. The van der Waals surface area contributed by atoms with E-state index in [1.165, 1.54) is 0 Å². The molecule has 0 heterocycles. The van der Waals surface area contributed by atoms with Crippen molar-refractivity contribution in [2.24, 2.45) is 4.99 Å². The third kappa shape index (κ3) is 5.97. The molecule has 17 heavy (non-hydrogen) atoms. The highest BCUT2D eigenvalue weighted by Crippen LogP contribution is 2.27. The Labute approximate surface area is 106 Å². The molecule has 4 heteroatoms. The molecular formula is C13H28N4. The van der Waals surface area contributed by atoms with Crippen molar-refractivity contribution in [1.29, 1.82) is 5.41 Å². The van der Waals surface area contributed by atoms with Gasteiger partial charge < -0.3 is 9.80 Å². The van der Waals surface area contributed by atoms with Gasteiger partial charge in [0, 0.05) is 6.04 Å². The van der Waals surface area contributed by atoms with Crippen LogP contribution in [0.15, 0.2) is 4.99 Å². The molecule has 2 atom stereocenters. The summed E-state index contributed by atoms with van der Waals surface area (Å²) in [5.74, 6) is 0. The van der Waals surface area contributed by atoms with Crippen LogP contribution in [-0.2, 0) is 0 Å². The number of nitrogens with one attached hydrogen (secondary N) is 1. The minimum atomic E-state index is -0.129. The molecule has 0 aromatic carbocycles. The SMILES string of the molecule is CCC(CCN(C)C)(CC(C)N(C)C)N=C=N. The van der Waals surface area contributed by atoms with Crippen LogP contribution in [0.25, 0.3) is 0 Å². The van der Waals surface area contributed by atoms with Crippen molar-refractivity contribution in [2.45, 2.75) is 44.7 Å². The third-order valence-electron chi connectivity index (χ3n) is 3.53. The van der Waals surface area contributed by atoms with Crippen molar-refractivity contribution >= 4 is 6.01 Å². The molecule has 0 fully saturated rings. The molecule has 1 N–H and O–H groups in total. The second-order valence-corrected chi connectivity index (χ2v) is 5.37. The zero-order valence-electron chi connectivity index (χ0n) is 12.2. The van der Waals surface area contributed by atoms with E-state index in [1.807, 2.05) is 0 Å². The van der Waals surface area contributed by atoms with Gasteiger partial charge in [-0.05, 0) is 60.9 Å². The minimum absolute atomic E-state index is 0.129. The van der Waals surface area contributed by atoms with Gasteiger partial charge in [-0.2, -0.15) is 0 Å². The Hall–Kier alpha value is -0.700. The normalized spacial score (nSPS) is 16.7. The number of hydrogen-bond donors (Lipinski definition) is 1. The molecule has 0 aliphatic carbocycles. The molecule has 100 valence electrons. The molecule has 0 aliphatic rings. The second-order valence-electron chi connectivity index (χ2n) is 5.37. The smallest absolute Gasteiger partial charge is 0.0867 e. The lowest BCUT2D eigenvalue weighted by atomic mass is 9.85. The predicted molar refractivity (Wildman–Crippen MR) is 74.1 cm³/mol. The van der Waals surface area contributed by atoms with Gasteiger partial charge in [-0.25, -0.2) is 10.4 Å². The van der Waals surface area contributed by atoms with Crippen LogP contribution in [-0.4, -0.2) is 62.1 Å². The molecule has 4 nitrogen and oxygen atoms in total. The van der Waals surface area contributed by atoms with Gasteiger partial charge in [-0.3, -0.25) is 0 Å². The van der Waals surface area contributed by atoms with E-state index in [2.05, 4.69) is 62.8 Å². The van der Waals surface area contributed by atoms with Gasteiger partial charge in [0.2, 0.25) is 0 Å². The highest BCUT2D eigenvalue weighted by molar-refractivity contribution is 5.37. The van der Waals surface area contributed by atoms with Crippen molar-refractivity contribution in [2.75, 3.05) is 34.7 Å². The van der Waals surface area contributed by atoms with E-state index in [0.717, 1.165) is 25.8 Å². The van der Waals surface area contributed by atoms with Crippen molar-refractivity contribution in [3.63, 3.8) is 0 Å². The fourth-order valence-corrected chi connectivity index (χ4v) is 1.89. The Kier molecular flexibility index (Phi) is 7.28. The Bertz CT molecular complexity index is 256. The van der Waals surface area contributed by atoms with E-state index >= 15 is 0 Å². The first-order valence-corrected chi connectivity index (χ1v) is 6.31. The summed E-state index contributed by atoms with van der Waals surface area (Å²) in [4.78, 5) is 8.71. The van der Waals surface area contributed by atoms with E-state index in [1.54, 1.807) is 0 Å². The maximum atomic E-state index is 7.16. The number of nitrogens with zero attached hydrogens (tertiary/aromatic N) is 3. The molecule has 0 radical (unpaired) electrons. The molecule has 0 spiro atoms. The maximum absolute atomic E-state index is 7.16. The topological polar surface area (TPSA) is 42.7 Å². The highest BCUT2D eigenvalue weighted by atomic mass is 15.1. The van der Waals surface area contributed by atoms with Crippen LogP contribution in [0.5, 0.6) is 0 Å². The fraction of sp³-hybridized carbons (Fsp3) is 0.923. The largest absolute Gasteiger partial charge is 0.309 e. The van der Waals surface area contributed by atoms with E-state index in [0.29, 0.717) is 6.04 Å². The maximum Gasteiger partial charge on any atom is 0.0867 e. The third-order valence-corrected chi connectivity index (χ3v) is 3.53. The van der Waals surface area contributed by atoms with E-state index in [-0.39, 0.29) is 5.54 Å². The zero-order chi connectivity index (χ0) is 13.5. The lowest BCUT2D eigenvalue weighted by Crippen LogP contribution is -2.38. The molecule has 0 aromatic heterocycles. The summed E-state index contributed by atoms with van der Waals surface area (Å²) in [7, 11) is 8.32. The van der Waals surface area contributed by atoms with Crippen LogP contribution in [0.3, 0.4) is 0 Å². The van der Waals surface area contributed by atoms with Crippen molar-refractivity contribution < 1.29 is 0 Å². The summed E-state index contributed by atoms with van der Waals surface area (Å²) >= 11 is 0. The number of rotatable bonds is 8. The first kappa shape index (κ1) is 16.3. The summed E-state index contributed by atoms with van der Waals surface area (Å²) in [6, 6.07) is 2.73. The Morgan fingerprint density at radius 1 is 1.29 bits per heavy atom. The summed E-state index contributed by atoms with van der Waals surface area (Å²) < 4.78 is 0. The molecule has 0 rings (SSSR count). The predicted octanol–water partition coefficient (Wildman–Crippen LogP) is 2.18. The molecule has 0 bridgehead atoms. The highest BCUT2D eigenvalue weighted by Gasteiger charge is 2.30. The molecule has 0 aliphatic heterocycles. The summed E-state index contributed by atoms with van der Waals surface area (Å²) in [5.41, 5.74) is -0.129. The van der Waals surface area contributed by atoms with Gasteiger partial charge >= 0.3 is 0 Å². The van der Waals surface area contributed by atoms with Gasteiger partial charge in [0.05, 0.1) is 11.5 Å². The van der Waals surface area contributed by atoms with Gasteiger partial charge in [-0.15, -0.1) is 0 Å². The van der Waals surface area contributed by atoms with Crippen molar-refractivity contribution in [1.82, 2.24) is 9.80 Å². The van der Waals surface area contributed by atoms with Gasteiger partial charge in [0.15, 0.2) is 0 Å². The summed E-state index contributed by atoms with van der Waals surface area (Å²) in [6.45, 7) is 5.36. The molecule has 2 unspecified atom stereocenters. The van der Waals surface area contributed by atoms with Crippen LogP contribution in [0.1, 0.15) is 33.1 Å².